The summed E-state index contributed by atoms with van der Waals surface area (Å²) >= 11 is 0. The molecule has 0 spiro atoms. The second-order valence-corrected chi connectivity index (χ2v) is 6.92. The molecule has 4 rings (SSSR count). The van der Waals surface area contributed by atoms with E-state index in [1.54, 1.807) is 36.5 Å². The zero-order valence-corrected chi connectivity index (χ0v) is 17.0. The van der Waals surface area contributed by atoms with Crippen LogP contribution in [0.2, 0.25) is 0 Å². The Labute approximate surface area is 179 Å². The van der Waals surface area contributed by atoms with Crippen molar-refractivity contribution in [3.8, 4) is 11.1 Å². The largest absolute Gasteiger partial charge is 0.483 e. The summed E-state index contributed by atoms with van der Waals surface area (Å²) in [7, 11) is 0. The van der Waals surface area contributed by atoms with Crippen molar-refractivity contribution in [2.75, 3.05) is 39.4 Å². The van der Waals surface area contributed by atoms with Crippen LogP contribution in [0.4, 0.5) is 4.39 Å². The van der Waals surface area contributed by atoms with Crippen LogP contribution >= 0.6 is 0 Å². The van der Waals surface area contributed by atoms with Gasteiger partial charge in [-0.15, -0.1) is 0 Å². The van der Waals surface area contributed by atoms with Crippen molar-refractivity contribution >= 4 is 23.3 Å². The van der Waals surface area contributed by atoms with Gasteiger partial charge in [0.1, 0.15) is 5.82 Å². The fraction of sp³-hybridized carbons (Fsp3) is 0.261. The van der Waals surface area contributed by atoms with Gasteiger partial charge in [-0.05, 0) is 35.9 Å². The summed E-state index contributed by atoms with van der Waals surface area (Å²) < 4.78 is 19.3. The fourth-order valence-corrected chi connectivity index (χ4v) is 3.34. The number of fused-ring (bicyclic) bond motifs is 1. The molecule has 0 saturated carbocycles. The number of aromatic nitrogens is 1. The monoisotopic (exact) mass is 425 g/mol. The highest BCUT2D eigenvalue weighted by Crippen LogP contribution is 2.24. The number of rotatable bonds is 5. The van der Waals surface area contributed by atoms with Crippen LogP contribution in [0.1, 0.15) is 10.4 Å². The van der Waals surface area contributed by atoms with E-state index in [2.05, 4.69) is 15.2 Å². The average molecular weight is 425 g/mol. The Balaban J connectivity index is 0.000000858. The molecule has 1 saturated heterocycles. The second-order valence-electron chi connectivity index (χ2n) is 6.92. The average Bonchev–Trinajstić information content (AvgIpc) is 2.80. The van der Waals surface area contributed by atoms with Crippen molar-refractivity contribution in [2.45, 2.75) is 0 Å². The predicted octanol–water partition coefficient (Wildman–Crippen LogP) is 2.80. The Morgan fingerprint density at radius 2 is 1.87 bits per heavy atom. The van der Waals surface area contributed by atoms with Crippen molar-refractivity contribution in [3.05, 3.63) is 66.1 Å². The molecule has 0 atom stereocenters. The maximum atomic E-state index is 14.0. The number of nitrogens with one attached hydrogen (secondary N) is 1. The van der Waals surface area contributed by atoms with Crippen molar-refractivity contribution < 1.29 is 23.8 Å². The summed E-state index contributed by atoms with van der Waals surface area (Å²) in [5.74, 6) is -0.384. The van der Waals surface area contributed by atoms with E-state index < -0.39 is 0 Å². The molecule has 0 aliphatic carbocycles. The number of carboxylic acid groups (broad SMARTS) is 1. The highest BCUT2D eigenvalue weighted by molar-refractivity contribution is 5.94. The second kappa shape index (κ2) is 11.1. The molecule has 1 amide bonds. The summed E-state index contributed by atoms with van der Waals surface area (Å²) in [4.78, 5) is 27.3. The molecule has 1 fully saturated rings. The highest BCUT2D eigenvalue weighted by atomic mass is 19.1. The third kappa shape index (κ3) is 6.07. The number of carbonyl (C=O) groups excluding carboxylic acids is 1. The Kier molecular flexibility index (Phi) is 8.03. The Hall–Kier alpha value is -3.36. The maximum absolute atomic E-state index is 14.0. The van der Waals surface area contributed by atoms with Crippen LogP contribution in [-0.4, -0.2) is 66.8 Å². The Morgan fingerprint density at radius 1 is 1.16 bits per heavy atom. The van der Waals surface area contributed by atoms with Gasteiger partial charge in [0.15, 0.2) is 0 Å². The molecule has 0 unspecified atom stereocenters. The zero-order valence-electron chi connectivity index (χ0n) is 17.0. The number of halogens is 1. The summed E-state index contributed by atoms with van der Waals surface area (Å²) in [6, 6.07) is 13.9. The standard InChI is InChI=1S/C22H22FN3O2.CH2O2/c23-20-2-1-3-21-19(20)14-18(15-25-21)16-4-6-17(7-5-16)22(27)24-8-9-26-10-12-28-13-11-26;2-1-3/h1-7,14-15H,8-13H2,(H,24,27);1H,(H,2,3). The number of nitrogens with zero attached hydrogens (tertiary/aromatic N) is 2. The smallest absolute Gasteiger partial charge is 0.290 e. The first-order chi connectivity index (χ1) is 15.1. The first kappa shape index (κ1) is 22.3. The number of pyridine rings is 1. The third-order valence-corrected chi connectivity index (χ3v) is 4.97. The molecule has 162 valence electrons. The van der Waals surface area contributed by atoms with E-state index >= 15 is 0 Å². The van der Waals surface area contributed by atoms with Gasteiger partial charge in [0.05, 0.1) is 18.7 Å². The predicted molar refractivity (Wildman–Crippen MR) is 115 cm³/mol. The molecule has 0 radical (unpaired) electrons. The first-order valence-corrected chi connectivity index (χ1v) is 9.93. The van der Waals surface area contributed by atoms with Gasteiger partial charge in [0, 0.05) is 48.9 Å². The van der Waals surface area contributed by atoms with Crippen molar-refractivity contribution in [3.63, 3.8) is 0 Å². The van der Waals surface area contributed by atoms with E-state index in [1.165, 1.54) is 6.07 Å². The van der Waals surface area contributed by atoms with Gasteiger partial charge in [-0.25, -0.2) is 4.39 Å². The van der Waals surface area contributed by atoms with Gasteiger partial charge in [0.25, 0.3) is 12.4 Å². The molecule has 7 nitrogen and oxygen atoms in total. The lowest BCUT2D eigenvalue weighted by Gasteiger charge is -2.26. The number of benzene rings is 2. The lowest BCUT2D eigenvalue weighted by Crippen LogP contribution is -2.41. The minimum Gasteiger partial charge on any atom is -0.483 e. The van der Waals surface area contributed by atoms with Crippen LogP contribution in [0.25, 0.3) is 22.0 Å². The normalized spacial score (nSPS) is 13.8. The molecule has 1 aliphatic heterocycles. The van der Waals surface area contributed by atoms with Crippen LogP contribution < -0.4 is 5.32 Å². The molecular formula is C23H24FN3O4. The topological polar surface area (TPSA) is 91.8 Å². The maximum Gasteiger partial charge on any atom is 0.290 e. The number of hydrogen-bond donors (Lipinski definition) is 2. The van der Waals surface area contributed by atoms with E-state index in [9.17, 15) is 9.18 Å². The molecule has 2 heterocycles. The fourth-order valence-electron chi connectivity index (χ4n) is 3.34. The van der Waals surface area contributed by atoms with Crippen molar-refractivity contribution in [2.24, 2.45) is 0 Å². The molecule has 0 bridgehead atoms. The number of ether oxygens (including phenoxy) is 1. The minimum absolute atomic E-state index is 0.0949. The minimum atomic E-state index is -0.289. The lowest BCUT2D eigenvalue weighted by molar-refractivity contribution is -0.122. The Bertz CT molecular complexity index is 1020. The van der Waals surface area contributed by atoms with Gasteiger partial charge in [-0.2, -0.15) is 0 Å². The number of amides is 1. The quantitative estimate of drug-likeness (QED) is 0.611. The van der Waals surface area contributed by atoms with Crippen molar-refractivity contribution in [1.82, 2.24) is 15.2 Å². The summed E-state index contributed by atoms with van der Waals surface area (Å²) in [6.07, 6.45) is 1.72. The van der Waals surface area contributed by atoms with Gasteiger partial charge in [-0.1, -0.05) is 18.2 Å². The van der Waals surface area contributed by atoms with E-state index in [1.807, 2.05) is 12.1 Å². The van der Waals surface area contributed by atoms with E-state index in [0.717, 1.165) is 44.0 Å². The van der Waals surface area contributed by atoms with Crippen LogP contribution in [0.5, 0.6) is 0 Å². The summed E-state index contributed by atoms with van der Waals surface area (Å²) in [6.45, 7) is 4.50. The molecule has 31 heavy (non-hydrogen) atoms. The van der Waals surface area contributed by atoms with Crippen LogP contribution in [0.15, 0.2) is 54.7 Å². The first-order valence-electron chi connectivity index (χ1n) is 9.93. The molecule has 8 heteroatoms. The molecule has 1 aliphatic rings. The van der Waals surface area contributed by atoms with E-state index in [-0.39, 0.29) is 18.2 Å². The third-order valence-electron chi connectivity index (χ3n) is 4.97. The highest BCUT2D eigenvalue weighted by Gasteiger charge is 2.11. The van der Waals surface area contributed by atoms with Gasteiger partial charge in [0.2, 0.25) is 0 Å². The molecular weight excluding hydrogens is 401 g/mol. The number of hydrogen-bond acceptors (Lipinski definition) is 5. The van der Waals surface area contributed by atoms with E-state index in [4.69, 9.17) is 14.6 Å². The molecule has 1 aromatic heterocycles. The van der Waals surface area contributed by atoms with Crippen LogP contribution in [-0.2, 0) is 9.53 Å². The van der Waals surface area contributed by atoms with Gasteiger partial charge < -0.3 is 15.2 Å². The Morgan fingerprint density at radius 3 is 2.58 bits per heavy atom. The molecule has 3 aromatic rings. The van der Waals surface area contributed by atoms with Crippen molar-refractivity contribution in [1.29, 1.82) is 0 Å². The number of carbonyl (C=O) groups is 2. The summed E-state index contributed by atoms with van der Waals surface area (Å²) in [5.41, 5.74) is 2.94. The SMILES string of the molecule is O=C(NCCN1CCOCC1)c1ccc(-c2cnc3cccc(F)c3c2)cc1.O=CO. The molecule has 2 N–H and O–H groups in total. The zero-order chi connectivity index (χ0) is 22.1. The van der Waals surface area contributed by atoms with Gasteiger partial charge >= 0.3 is 0 Å². The van der Waals surface area contributed by atoms with Crippen LogP contribution in [0, 0.1) is 5.82 Å². The lowest BCUT2D eigenvalue weighted by atomic mass is 10.0. The number of morpholine rings is 1. The van der Waals surface area contributed by atoms with Gasteiger partial charge in [-0.3, -0.25) is 19.5 Å². The van der Waals surface area contributed by atoms with Crippen LogP contribution in [0.3, 0.4) is 0 Å². The summed E-state index contributed by atoms with van der Waals surface area (Å²) in [5, 5.41) is 10.3. The molecule has 2 aromatic carbocycles. The van der Waals surface area contributed by atoms with E-state index in [0.29, 0.717) is 23.0 Å².